The van der Waals surface area contributed by atoms with Gasteiger partial charge in [0.1, 0.15) is 0 Å². The van der Waals surface area contributed by atoms with Crippen LogP contribution in [0.3, 0.4) is 0 Å². The molecule has 0 unspecified atom stereocenters. The third-order valence-corrected chi connectivity index (χ3v) is 0. The average Bonchev–Trinajstić information content (AvgIpc) is 1.39. The van der Waals surface area contributed by atoms with Crippen LogP contribution in [0.25, 0.3) is 10.8 Å². The fourth-order valence-electron chi connectivity index (χ4n) is 0. The third-order valence-electron chi connectivity index (χ3n) is 0. The normalized spacial score (nSPS) is 2.29. The predicted molar refractivity (Wildman–Crippen MR) is 18.1 cm³/mol. The van der Waals surface area contributed by atoms with Gasteiger partial charge in [-0.25, -0.2) is 0 Å². The van der Waals surface area contributed by atoms with Crippen LogP contribution in [0.1, 0.15) is 0 Å². The molecule has 0 spiro atoms. The molecule has 4 nitrogen and oxygen atoms in total. The van der Waals surface area contributed by atoms with Crippen molar-refractivity contribution in [2.75, 3.05) is 0 Å². The Morgan fingerprint density at radius 2 is 1.00 bits per heavy atom. The smallest absolute Gasteiger partial charge is 0.724 e. The van der Waals surface area contributed by atoms with Crippen LogP contribution < -0.4 is 0 Å². The van der Waals surface area contributed by atoms with Crippen molar-refractivity contribution >= 4 is 12.2 Å². The van der Waals surface area contributed by atoms with Crippen molar-refractivity contribution < 1.29 is 29.1 Å². The quantitative estimate of drug-likeness (QED) is 0.298. The van der Waals surface area contributed by atoms with E-state index in [1.54, 1.807) is 0 Å². The van der Waals surface area contributed by atoms with E-state index in [0.717, 1.165) is 0 Å². The number of nitrogens with zero attached hydrogens (tertiary/aromatic N) is 2. The monoisotopic (exact) mass is 187 g/mol. The molecule has 0 aromatic rings. The van der Waals surface area contributed by atoms with Crippen molar-refractivity contribution in [1.82, 2.24) is 0 Å². The summed E-state index contributed by atoms with van der Waals surface area (Å²) in [5.74, 6) is 0. The molecule has 0 fully saturated rings. The first-order chi connectivity index (χ1) is 2.83. The first-order valence-corrected chi connectivity index (χ1v) is 0.855. The summed E-state index contributed by atoms with van der Waals surface area (Å²) < 4.78 is 0. The van der Waals surface area contributed by atoms with E-state index in [2.05, 4.69) is 0 Å². The van der Waals surface area contributed by atoms with Crippen molar-refractivity contribution in [2.45, 2.75) is 0 Å². The van der Waals surface area contributed by atoms with E-state index < -0.39 is 0 Å². The largest absolute Gasteiger partial charge is 2.00 e. The van der Waals surface area contributed by atoms with Crippen LogP contribution in [0.15, 0.2) is 0 Å². The molecular formula is C2N2O2Rh. The molecule has 0 heterocycles. The van der Waals surface area contributed by atoms with Crippen LogP contribution in [0.2, 0.25) is 0 Å². The van der Waals surface area contributed by atoms with Gasteiger partial charge < -0.3 is 10.8 Å². The van der Waals surface area contributed by atoms with Gasteiger partial charge in [0.25, 0.3) is 0 Å². The molecule has 0 amide bonds. The van der Waals surface area contributed by atoms with Gasteiger partial charge >= 0.3 is 19.5 Å². The molecule has 0 aromatic heterocycles. The number of rotatable bonds is 0. The molecule has 1 radical (unpaired) electrons. The molecule has 0 atom stereocenters. The second-order valence-electron chi connectivity index (χ2n) is 0.183. The van der Waals surface area contributed by atoms with E-state index >= 15 is 0 Å². The first kappa shape index (κ1) is 16.2. The van der Waals surface area contributed by atoms with Crippen molar-refractivity contribution in [3.05, 3.63) is 10.8 Å². The summed E-state index contributed by atoms with van der Waals surface area (Å²) >= 11 is 0. The van der Waals surface area contributed by atoms with Gasteiger partial charge in [-0.05, 0) is 12.2 Å². The molecule has 0 rings (SSSR count). The molecule has 5 heteroatoms. The topological polar surface area (TPSA) is 78.7 Å². The first-order valence-electron chi connectivity index (χ1n) is 0.855. The Morgan fingerprint density at radius 1 is 1.00 bits per heavy atom. The Balaban J connectivity index is -0.0000000400. The van der Waals surface area contributed by atoms with E-state index in [1.807, 2.05) is 0 Å². The summed E-state index contributed by atoms with van der Waals surface area (Å²) in [5, 5.41) is 13.5. The van der Waals surface area contributed by atoms with Gasteiger partial charge in [-0.3, -0.25) is 9.59 Å². The second-order valence-corrected chi connectivity index (χ2v) is 0.183. The fraction of sp³-hybridized carbons (Fsp3) is 0. The van der Waals surface area contributed by atoms with Crippen molar-refractivity contribution in [2.24, 2.45) is 0 Å². The average molecular weight is 187 g/mol. The number of carbonyl (C=O) groups excluding carboxylic acids is 2. The predicted octanol–water partition coefficient (Wildman–Crippen LogP) is -0.219. The van der Waals surface area contributed by atoms with E-state index in [1.165, 1.54) is 0 Å². The number of hydrogen-bond acceptors (Lipinski definition) is 2. The van der Waals surface area contributed by atoms with Gasteiger partial charge in [0.05, 0.1) is 0 Å². The van der Waals surface area contributed by atoms with Crippen LogP contribution in [0, 0.1) is 0 Å². The maximum absolute atomic E-state index is 8.24. The second kappa shape index (κ2) is 54.0. The maximum Gasteiger partial charge on any atom is 2.00 e. The Bertz CT molecular complexity index is 67.7. The van der Waals surface area contributed by atoms with Gasteiger partial charge in [0, 0.05) is 0 Å². The van der Waals surface area contributed by atoms with E-state index in [4.69, 9.17) is 20.4 Å². The SMILES string of the molecule is [N-]=C=O.[N-]=C=O.[Rh+2]. The molecule has 0 bridgehead atoms. The summed E-state index contributed by atoms with van der Waals surface area (Å²) in [7, 11) is 0. The van der Waals surface area contributed by atoms with Gasteiger partial charge in [-0.15, -0.1) is 0 Å². The summed E-state index contributed by atoms with van der Waals surface area (Å²) in [6, 6.07) is 0. The third kappa shape index (κ3) is 162. The van der Waals surface area contributed by atoms with Crippen molar-refractivity contribution in [3.8, 4) is 0 Å². The van der Waals surface area contributed by atoms with Gasteiger partial charge in [-0.2, -0.15) is 0 Å². The Hall–Kier alpha value is -0.617. The molecule has 0 saturated heterocycles. The van der Waals surface area contributed by atoms with Gasteiger partial charge in [0.2, 0.25) is 0 Å². The molecule has 39 valence electrons. The van der Waals surface area contributed by atoms with E-state index in [0.29, 0.717) is 12.2 Å². The van der Waals surface area contributed by atoms with Gasteiger partial charge in [0.15, 0.2) is 0 Å². The van der Waals surface area contributed by atoms with E-state index in [-0.39, 0.29) is 19.5 Å². The molecule has 7 heavy (non-hydrogen) atoms. The molecule has 0 aliphatic carbocycles. The molecule has 0 N–H and O–H groups in total. The summed E-state index contributed by atoms with van der Waals surface area (Å²) in [4.78, 5) is 16.5. The van der Waals surface area contributed by atoms with Crippen LogP contribution in [0.4, 0.5) is 0 Å². The zero-order valence-electron chi connectivity index (χ0n) is 3.04. The fourth-order valence-corrected chi connectivity index (χ4v) is 0. The molecule has 0 aromatic carbocycles. The van der Waals surface area contributed by atoms with E-state index in [9.17, 15) is 0 Å². The molecule has 0 aliphatic heterocycles. The Labute approximate surface area is 52.7 Å². The zero-order chi connectivity index (χ0) is 5.41. The molecule has 0 saturated carbocycles. The van der Waals surface area contributed by atoms with Crippen LogP contribution in [-0.4, -0.2) is 12.2 Å². The van der Waals surface area contributed by atoms with Crippen LogP contribution in [-0.2, 0) is 29.1 Å². The van der Waals surface area contributed by atoms with Crippen LogP contribution >= 0.6 is 0 Å². The standard InChI is InChI=1S/2CNO.Rh/c2*2-1-3;/q2*-1;+2. The zero-order valence-corrected chi connectivity index (χ0v) is 4.68. The maximum atomic E-state index is 8.24. The Morgan fingerprint density at radius 3 is 1.00 bits per heavy atom. The van der Waals surface area contributed by atoms with Crippen molar-refractivity contribution in [3.63, 3.8) is 0 Å². The van der Waals surface area contributed by atoms with Gasteiger partial charge in [-0.1, -0.05) is 0 Å². The van der Waals surface area contributed by atoms with Crippen LogP contribution in [0.5, 0.6) is 0 Å². The minimum absolute atomic E-state index is 0. The summed E-state index contributed by atoms with van der Waals surface area (Å²) in [6.07, 6.45) is 1.00. The minimum atomic E-state index is 0. The minimum Gasteiger partial charge on any atom is -0.724 e. The number of hydrogen-bond donors (Lipinski definition) is 0. The summed E-state index contributed by atoms with van der Waals surface area (Å²) in [5.41, 5.74) is 0. The molecular weight excluding hydrogens is 187 g/mol. The summed E-state index contributed by atoms with van der Waals surface area (Å²) in [6.45, 7) is 0. The number of isocyanates is 2. The Kier molecular flexibility index (Phi) is 125. The van der Waals surface area contributed by atoms with Crippen molar-refractivity contribution in [1.29, 1.82) is 0 Å². The molecule has 0 aliphatic rings.